The van der Waals surface area contributed by atoms with Crippen LogP contribution in [0.15, 0.2) is 24.3 Å². The predicted molar refractivity (Wildman–Crippen MR) is 87.3 cm³/mol. The molecular weight excluding hydrogens is 295 g/mol. The third kappa shape index (κ3) is 5.05. The number of amides is 2. The molecule has 1 heterocycles. The molecule has 4 nitrogen and oxygen atoms in total. The highest BCUT2D eigenvalue weighted by molar-refractivity contribution is 5.81. The maximum absolute atomic E-state index is 13.2. The molecular formula is C18H25FN2O2. The number of nitrogens with zero attached hydrogens (tertiary/aromatic N) is 1. The van der Waals surface area contributed by atoms with E-state index in [1.165, 1.54) is 12.1 Å². The van der Waals surface area contributed by atoms with Crippen LogP contribution < -0.4 is 5.32 Å². The first kappa shape index (κ1) is 17.4. The maximum atomic E-state index is 13.2. The van der Waals surface area contributed by atoms with Crippen molar-refractivity contribution in [3.05, 3.63) is 35.6 Å². The SMILES string of the molecule is CCC(C)NC(=O)C1CCN(C(=O)Cc2cccc(F)c2)CC1. The summed E-state index contributed by atoms with van der Waals surface area (Å²) in [6.45, 7) is 5.22. The normalized spacial score (nSPS) is 16.9. The van der Waals surface area contributed by atoms with Crippen LogP contribution in [0, 0.1) is 11.7 Å². The molecule has 1 aromatic rings. The minimum absolute atomic E-state index is 0.00335. The molecule has 0 aliphatic carbocycles. The zero-order valence-electron chi connectivity index (χ0n) is 13.8. The van der Waals surface area contributed by atoms with E-state index >= 15 is 0 Å². The zero-order chi connectivity index (χ0) is 16.8. The van der Waals surface area contributed by atoms with Crippen molar-refractivity contribution < 1.29 is 14.0 Å². The number of nitrogens with one attached hydrogen (secondary N) is 1. The van der Waals surface area contributed by atoms with Gasteiger partial charge in [0, 0.05) is 25.0 Å². The molecule has 1 fully saturated rings. The average Bonchev–Trinajstić information content (AvgIpc) is 2.54. The van der Waals surface area contributed by atoms with Crippen LogP contribution in [0.1, 0.15) is 38.7 Å². The lowest BCUT2D eigenvalue weighted by atomic mass is 9.95. The lowest BCUT2D eigenvalue weighted by Crippen LogP contribution is -2.45. The van der Waals surface area contributed by atoms with Gasteiger partial charge >= 0.3 is 0 Å². The molecule has 1 atom stereocenters. The minimum Gasteiger partial charge on any atom is -0.353 e. The van der Waals surface area contributed by atoms with Gasteiger partial charge < -0.3 is 10.2 Å². The Morgan fingerprint density at radius 1 is 1.35 bits per heavy atom. The molecule has 2 amide bonds. The van der Waals surface area contributed by atoms with Crippen LogP contribution in [0.3, 0.4) is 0 Å². The fourth-order valence-corrected chi connectivity index (χ4v) is 2.79. The summed E-state index contributed by atoms with van der Waals surface area (Å²) in [5, 5.41) is 3.01. The summed E-state index contributed by atoms with van der Waals surface area (Å²) >= 11 is 0. The van der Waals surface area contributed by atoms with E-state index in [1.54, 1.807) is 17.0 Å². The van der Waals surface area contributed by atoms with Crippen molar-refractivity contribution in [3.63, 3.8) is 0 Å². The molecule has 0 aromatic heterocycles. The number of piperidine rings is 1. The van der Waals surface area contributed by atoms with Gasteiger partial charge in [0.2, 0.25) is 11.8 Å². The second kappa shape index (κ2) is 8.09. The predicted octanol–water partition coefficient (Wildman–Crippen LogP) is 2.52. The van der Waals surface area contributed by atoms with Crippen LogP contribution in [0.25, 0.3) is 0 Å². The van der Waals surface area contributed by atoms with Gasteiger partial charge in [0.05, 0.1) is 6.42 Å². The third-order valence-electron chi connectivity index (χ3n) is 4.46. The Morgan fingerprint density at radius 2 is 2.04 bits per heavy atom. The Hall–Kier alpha value is -1.91. The number of halogens is 1. The highest BCUT2D eigenvalue weighted by atomic mass is 19.1. The Balaban J connectivity index is 1.82. The van der Waals surface area contributed by atoms with Crippen molar-refractivity contribution in [3.8, 4) is 0 Å². The molecule has 1 saturated heterocycles. The molecule has 0 radical (unpaired) electrons. The topological polar surface area (TPSA) is 49.4 Å². The Morgan fingerprint density at radius 3 is 2.65 bits per heavy atom. The van der Waals surface area contributed by atoms with E-state index < -0.39 is 0 Å². The van der Waals surface area contributed by atoms with Gasteiger partial charge in [-0.2, -0.15) is 0 Å². The smallest absolute Gasteiger partial charge is 0.226 e. The highest BCUT2D eigenvalue weighted by Crippen LogP contribution is 2.19. The van der Waals surface area contributed by atoms with Crippen molar-refractivity contribution in [2.45, 2.75) is 45.6 Å². The first-order valence-electron chi connectivity index (χ1n) is 8.32. The van der Waals surface area contributed by atoms with E-state index in [4.69, 9.17) is 0 Å². The molecule has 23 heavy (non-hydrogen) atoms. The zero-order valence-corrected chi connectivity index (χ0v) is 13.8. The average molecular weight is 320 g/mol. The summed E-state index contributed by atoms with van der Waals surface area (Å²) in [4.78, 5) is 26.2. The number of carbonyl (C=O) groups is 2. The number of hydrogen-bond donors (Lipinski definition) is 1. The number of benzene rings is 1. The fraction of sp³-hybridized carbons (Fsp3) is 0.556. The third-order valence-corrected chi connectivity index (χ3v) is 4.46. The van der Waals surface area contributed by atoms with Gasteiger partial charge in [-0.05, 0) is 43.9 Å². The van der Waals surface area contributed by atoms with Crippen molar-refractivity contribution in [2.75, 3.05) is 13.1 Å². The quantitative estimate of drug-likeness (QED) is 0.906. The number of rotatable bonds is 5. The van der Waals surface area contributed by atoms with E-state index in [9.17, 15) is 14.0 Å². The second-order valence-electron chi connectivity index (χ2n) is 6.28. The largest absolute Gasteiger partial charge is 0.353 e. The van der Waals surface area contributed by atoms with E-state index in [1.807, 2.05) is 13.8 Å². The van der Waals surface area contributed by atoms with Gasteiger partial charge in [-0.1, -0.05) is 19.1 Å². The molecule has 0 saturated carbocycles. The summed E-state index contributed by atoms with van der Waals surface area (Å²) in [6.07, 6.45) is 2.51. The molecule has 5 heteroatoms. The molecule has 1 unspecified atom stereocenters. The van der Waals surface area contributed by atoms with Gasteiger partial charge in [-0.15, -0.1) is 0 Å². The van der Waals surface area contributed by atoms with Gasteiger partial charge in [0.25, 0.3) is 0 Å². The molecule has 1 N–H and O–H groups in total. The van der Waals surface area contributed by atoms with E-state index in [0.717, 1.165) is 6.42 Å². The van der Waals surface area contributed by atoms with Crippen LogP contribution in [-0.4, -0.2) is 35.8 Å². The van der Waals surface area contributed by atoms with Crippen LogP contribution >= 0.6 is 0 Å². The van der Waals surface area contributed by atoms with Crippen LogP contribution in [-0.2, 0) is 16.0 Å². The van der Waals surface area contributed by atoms with Crippen LogP contribution in [0.5, 0.6) is 0 Å². The molecule has 1 aliphatic rings. The lowest BCUT2D eigenvalue weighted by Gasteiger charge is -2.32. The van der Waals surface area contributed by atoms with E-state index in [0.29, 0.717) is 31.5 Å². The fourth-order valence-electron chi connectivity index (χ4n) is 2.79. The molecule has 0 spiro atoms. The maximum Gasteiger partial charge on any atom is 0.226 e. The Kier molecular flexibility index (Phi) is 6.13. The van der Waals surface area contributed by atoms with E-state index in [-0.39, 0.29) is 36.0 Å². The van der Waals surface area contributed by atoms with Crippen molar-refractivity contribution in [2.24, 2.45) is 5.92 Å². The lowest BCUT2D eigenvalue weighted by molar-refractivity contribution is -0.135. The number of likely N-dealkylation sites (tertiary alicyclic amines) is 1. The molecule has 1 aromatic carbocycles. The van der Waals surface area contributed by atoms with Gasteiger partial charge in [0.1, 0.15) is 5.82 Å². The first-order valence-corrected chi connectivity index (χ1v) is 8.32. The monoisotopic (exact) mass is 320 g/mol. The molecule has 1 aliphatic heterocycles. The molecule has 2 rings (SSSR count). The molecule has 126 valence electrons. The summed E-state index contributed by atoms with van der Waals surface area (Å²) in [5.74, 6) is -0.245. The summed E-state index contributed by atoms with van der Waals surface area (Å²) in [5.41, 5.74) is 0.687. The minimum atomic E-state index is -0.323. The second-order valence-corrected chi connectivity index (χ2v) is 6.28. The summed E-state index contributed by atoms with van der Waals surface area (Å²) in [7, 11) is 0. The standard InChI is InChI=1S/C18H25FN2O2/c1-3-13(2)20-18(23)15-7-9-21(10-8-15)17(22)12-14-5-4-6-16(19)11-14/h4-6,11,13,15H,3,7-10,12H2,1-2H3,(H,20,23). The summed E-state index contributed by atoms with van der Waals surface area (Å²) < 4.78 is 13.2. The van der Waals surface area contributed by atoms with Crippen molar-refractivity contribution in [1.82, 2.24) is 10.2 Å². The molecule has 0 bridgehead atoms. The van der Waals surface area contributed by atoms with Gasteiger partial charge in [-0.25, -0.2) is 4.39 Å². The van der Waals surface area contributed by atoms with Crippen LogP contribution in [0.4, 0.5) is 4.39 Å². The van der Waals surface area contributed by atoms with E-state index in [2.05, 4.69) is 5.32 Å². The van der Waals surface area contributed by atoms with Crippen molar-refractivity contribution in [1.29, 1.82) is 0 Å². The summed E-state index contributed by atoms with van der Waals surface area (Å²) in [6, 6.07) is 6.33. The Bertz CT molecular complexity index is 554. The van der Waals surface area contributed by atoms with Crippen molar-refractivity contribution >= 4 is 11.8 Å². The van der Waals surface area contributed by atoms with Crippen LogP contribution in [0.2, 0.25) is 0 Å². The van der Waals surface area contributed by atoms with Gasteiger partial charge in [0.15, 0.2) is 0 Å². The first-order chi connectivity index (χ1) is 11.0. The number of hydrogen-bond acceptors (Lipinski definition) is 2. The highest BCUT2D eigenvalue weighted by Gasteiger charge is 2.27. The van der Waals surface area contributed by atoms with Gasteiger partial charge in [-0.3, -0.25) is 9.59 Å². The Labute approximate surface area is 137 Å². The number of carbonyl (C=O) groups excluding carboxylic acids is 2.